The van der Waals surface area contributed by atoms with E-state index < -0.39 is 0 Å². The van der Waals surface area contributed by atoms with Gasteiger partial charge in [-0.1, -0.05) is 172 Å². The molecule has 278 valence electrons. The molecule has 11 rings (SSSR count). The number of hydrogen-bond acceptors (Lipinski definition) is 3. The Balaban J connectivity index is 1.00. The van der Waals surface area contributed by atoms with E-state index >= 15 is 0 Å². The van der Waals surface area contributed by atoms with Crippen molar-refractivity contribution in [3.8, 4) is 78.4 Å². The molecular formula is C56H39N3. The monoisotopic (exact) mass is 753 g/mol. The summed E-state index contributed by atoms with van der Waals surface area (Å²) in [4.78, 5) is 14.7. The van der Waals surface area contributed by atoms with Gasteiger partial charge in [0.15, 0.2) is 5.82 Å². The Morgan fingerprint density at radius 2 is 0.966 bits per heavy atom. The Morgan fingerprint density at radius 1 is 0.373 bits per heavy atom. The van der Waals surface area contributed by atoms with Gasteiger partial charge in [-0.2, -0.15) is 0 Å². The van der Waals surface area contributed by atoms with Gasteiger partial charge in [0.25, 0.3) is 0 Å². The van der Waals surface area contributed by atoms with Crippen LogP contribution in [-0.2, 0) is 5.41 Å². The lowest BCUT2D eigenvalue weighted by Gasteiger charge is -2.23. The molecular weight excluding hydrogens is 715 g/mol. The highest BCUT2D eigenvalue weighted by Gasteiger charge is 2.37. The van der Waals surface area contributed by atoms with Gasteiger partial charge in [-0.25, -0.2) is 9.97 Å². The molecule has 0 amide bonds. The van der Waals surface area contributed by atoms with Crippen molar-refractivity contribution >= 4 is 21.5 Å². The third kappa shape index (κ3) is 5.94. The zero-order valence-electron chi connectivity index (χ0n) is 32.9. The molecule has 1 aliphatic carbocycles. The molecule has 0 N–H and O–H groups in total. The molecule has 10 aromatic rings. The topological polar surface area (TPSA) is 38.7 Å². The van der Waals surface area contributed by atoms with E-state index in [4.69, 9.17) is 9.97 Å². The first-order chi connectivity index (χ1) is 29.0. The molecule has 0 saturated carbocycles. The molecule has 0 fully saturated rings. The van der Waals surface area contributed by atoms with E-state index in [9.17, 15) is 0 Å². The Hall–Kier alpha value is -7.49. The predicted molar refractivity (Wildman–Crippen MR) is 245 cm³/mol. The summed E-state index contributed by atoms with van der Waals surface area (Å²) in [6.45, 7) is 4.75. The van der Waals surface area contributed by atoms with Crippen LogP contribution in [0.25, 0.3) is 100.0 Å². The number of nitrogens with zero attached hydrogens (tertiary/aromatic N) is 3. The first-order valence-electron chi connectivity index (χ1n) is 20.2. The van der Waals surface area contributed by atoms with Crippen LogP contribution in [-0.4, -0.2) is 15.0 Å². The summed E-state index contributed by atoms with van der Waals surface area (Å²) in [6, 6.07) is 67.6. The van der Waals surface area contributed by atoms with Crippen molar-refractivity contribution in [2.75, 3.05) is 0 Å². The van der Waals surface area contributed by atoms with Crippen LogP contribution >= 0.6 is 0 Å². The lowest BCUT2D eigenvalue weighted by molar-refractivity contribution is 0.666. The predicted octanol–water partition coefficient (Wildman–Crippen LogP) is 14.5. The minimum absolute atomic E-state index is 0.116. The summed E-state index contributed by atoms with van der Waals surface area (Å²) in [7, 11) is 0. The molecule has 8 aromatic carbocycles. The Kier molecular flexibility index (Phi) is 8.16. The molecule has 2 heterocycles. The molecule has 1 aliphatic rings. The van der Waals surface area contributed by atoms with Crippen LogP contribution in [0.5, 0.6) is 0 Å². The Morgan fingerprint density at radius 3 is 1.78 bits per heavy atom. The van der Waals surface area contributed by atoms with Gasteiger partial charge in [-0.05, 0) is 102 Å². The van der Waals surface area contributed by atoms with E-state index in [1.807, 2.05) is 30.5 Å². The second kappa shape index (κ2) is 13.9. The average molecular weight is 754 g/mol. The lowest BCUT2D eigenvalue weighted by Crippen LogP contribution is -2.15. The van der Waals surface area contributed by atoms with Crippen molar-refractivity contribution in [1.82, 2.24) is 15.0 Å². The van der Waals surface area contributed by atoms with Crippen LogP contribution in [0.3, 0.4) is 0 Å². The van der Waals surface area contributed by atoms with E-state index in [2.05, 4.69) is 183 Å². The van der Waals surface area contributed by atoms with Gasteiger partial charge in [0.05, 0.1) is 11.4 Å². The summed E-state index contributed by atoms with van der Waals surface area (Å²) in [5.41, 5.74) is 17.2. The lowest BCUT2D eigenvalue weighted by atomic mass is 9.79. The Bertz CT molecular complexity index is 3240. The fourth-order valence-corrected chi connectivity index (χ4v) is 9.26. The largest absolute Gasteiger partial charge is 0.264 e. The maximum absolute atomic E-state index is 5.24. The van der Waals surface area contributed by atoms with Crippen LogP contribution in [0.1, 0.15) is 25.0 Å². The van der Waals surface area contributed by atoms with Crippen LogP contribution in [0.2, 0.25) is 0 Å². The molecule has 59 heavy (non-hydrogen) atoms. The SMILES string of the molecule is CC1(C)c2cc(-c3cccc(-c4ccc(-c5cc(-c6cccc(-c7cccnc7)c6)nc(-c6ccccc6)n5)c5ccccc45)c3)ccc2-c2ccc3ccccc3c21. The summed E-state index contributed by atoms with van der Waals surface area (Å²) in [5, 5.41) is 4.96. The van der Waals surface area contributed by atoms with E-state index in [0.717, 1.165) is 44.6 Å². The first-order valence-corrected chi connectivity index (χ1v) is 20.2. The van der Waals surface area contributed by atoms with Gasteiger partial charge in [0.1, 0.15) is 0 Å². The third-order valence-electron chi connectivity index (χ3n) is 12.2. The van der Waals surface area contributed by atoms with Gasteiger partial charge >= 0.3 is 0 Å². The first kappa shape index (κ1) is 34.7. The molecule has 0 bridgehead atoms. The van der Waals surface area contributed by atoms with Gasteiger partial charge in [-0.15, -0.1) is 0 Å². The minimum atomic E-state index is -0.116. The molecule has 0 radical (unpaired) electrons. The van der Waals surface area contributed by atoms with E-state index in [-0.39, 0.29) is 5.41 Å². The highest BCUT2D eigenvalue weighted by Crippen LogP contribution is 2.52. The van der Waals surface area contributed by atoms with Gasteiger partial charge < -0.3 is 0 Å². The quantitative estimate of drug-likeness (QED) is 0.170. The van der Waals surface area contributed by atoms with Crippen molar-refractivity contribution < 1.29 is 0 Å². The second-order valence-corrected chi connectivity index (χ2v) is 16.0. The molecule has 3 heteroatoms. The van der Waals surface area contributed by atoms with Crippen LogP contribution in [0.4, 0.5) is 0 Å². The van der Waals surface area contributed by atoms with Crippen molar-refractivity contribution in [3.05, 3.63) is 212 Å². The minimum Gasteiger partial charge on any atom is -0.264 e. The average Bonchev–Trinajstić information content (AvgIpc) is 3.54. The zero-order chi connectivity index (χ0) is 39.5. The van der Waals surface area contributed by atoms with E-state index in [0.29, 0.717) is 5.82 Å². The van der Waals surface area contributed by atoms with Crippen molar-refractivity contribution in [3.63, 3.8) is 0 Å². The molecule has 3 nitrogen and oxygen atoms in total. The molecule has 0 unspecified atom stereocenters. The Labute approximate surface area is 344 Å². The van der Waals surface area contributed by atoms with Gasteiger partial charge in [-0.3, -0.25) is 4.98 Å². The van der Waals surface area contributed by atoms with Crippen LogP contribution in [0, 0.1) is 0 Å². The number of fused-ring (bicyclic) bond motifs is 6. The fraction of sp³-hybridized carbons (Fsp3) is 0.0536. The van der Waals surface area contributed by atoms with Crippen molar-refractivity contribution in [2.24, 2.45) is 0 Å². The zero-order valence-corrected chi connectivity index (χ0v) is 32.9. The van der Waals surface area contributed by atoms with E-state index in [1.54, 1.807) is 6.20 Å². The highest BCUT2D eigenvalue weighted by molar-refractivity contribution is 6.05. The molecule has 0 aliphatic heterocycles. The maximum atomic E-state index is 5.24. The maximum Gasteiger partial charge on any atom is 0.160 e. The molecule has 0 spiro atoms. The number of rotatable bonds is 6. The summed E-state index contributed by atoms with van der Waals surface area (Å²) >= 11 is 0. The number of aromatic nitrogens is 3. The number of benzene rings is 8. The van der Waals surface area contributed by atoms with Crippen molar-refractivity contribution in [1.29, 1.82) is 0 Å². The summed E-state index contributed by atoms with van der Waals surface area (Å²) in [6.07, 6.45) is 3.70. The van der Waals surface area contributed by atoms with Crippen LogP contribution < -0.4 is 0 Å². The van der Waals surface area contributed by atoms with Gasteiger partial charge in [0.2, 0.25) is 0 Å². The summed E-state index contributed by atoms with van der Waals surface area (Å²) in [5.74, 6) is 0.694. The molecule has 0 atom stereocenters. The summed E-state index contributed by atoms with van der Waals surface area (Å²) < 4.78 is 0. The number of hydrogen-bond donors (Lipinski definition) is 0. The second-order valence-electron chi connectivity index (χ2n) is 16.0. The molecule has 2 aromatic heterocycles. The highest BCUT2D eigenvalue weighted by atomic mass is 14.9. The van der Waals surface area contributed by atoms with Crippen molar-refractivity contribution in [2.45, 2.75) is 19.3 Å². The third-order valence-corrected chi connectivity index (χ3v) is 12.2. The fourth-order valence-electron chi connectivity index (χ4n) is 9.26. The van der Waals surface area contributed by atoms with E-state index in [1.165, 1.54) is 60.7 Å². The van der Waals surface area contributed by atoms with Crippen LogP contribution in [0.15, 0.2) is 200 Å². The van der Waals surface area contributed by atoms with Gasteiger partial charge in [0, 0.05) is 40.1 Å². The molecule has 0 saturated heterocycles. The normalized spacial score (nSPS) is 12.7. The smallest absolute Gasteiger partial charge is 0.160 e. The number of pyridine rings is 1. The standard InChI is InChI=1S/C56H39N3/c1-56(2)51-33-40(25-26-48(51)50-27-24-36-13-6-7-21-45(36)54(50)56)38-16-10-18-41(31-38)44-28-29-49(47-23-9-8-22-46(44)47)53-34-52(58-55(59-53)37-14-4-3-5-15-37)42-19-11-17-39(32-42)43-20-12-30-57-35-43/h3-35H,1-2H3.